The molecule has 1 heterocycles. The number of nitrogens with zero attached hydrogens (tertiary/aromatic N) is 2. The van der Waals surface area contributed by atoms with Crippen LogP contribution in [0.15, 0.2) is 30.6 Å². The summed E-state index contributed by atoms with van der Waals surface area (Å²) in [6.07, 6.45) is 4.59. The molecule has 2 aromatic rings. The van der Waals surface area contributed by atoms with E-state index < -0.39 is 0 Å². The normalized spacial score (nSPS) is 13.4. The van der Waals surface area contributed by atoms with E-state index in [9.17, 15) is 5.11 Å². The molecule has 0 radical (unpaired) electrons. The van der Waals surface area contributed by atoms with Crippen molar-refractivity contribution in [2.24, 2.45) is 0 Å². The highest BCUT2D eigenvalue weighted by molar-refractivity contribution is 5.39. The minimum Gasteiger partial charge on any atom is -0.508 e. The van der Waals surface area contributed by atoms with E-state index >= 15 is 0 Å². The van der Waals surface area contributed by atoms with E-state index in [4.69, 9.17) is 4.74 Å². The van der Waals surface area contributed by atoms with E-state index in [1.807, 2.05) is 0 Å². The van der Waals surface area contributed by atoms with E-state index in [-0.39, 0.29) is 5.75 Å². The smallest absolute Gasteiger partial charge is 0.225 e. The summed E-state index contributed by atoms with van der Waals surface area (Å²) in [5.74, 6) is 1.39. The summed E-state index contributed by atoms with van der Waals surface area (Å²) in [5.41, 5.74) is 2.17. The third-order valence-electron chi connectivity index (χ3n) is 2.87. The van der Waals surface area contributed by atoms with Crippen LogP contribution in [0.2, 0.25) is 0 Å². The number of hydrogen-bond donors (Lipinski definition) is 1. The lowest BCUT2D eigenvalue weighted by Crippen LogP contribution is -1.96. The highest BCUT2D eigenvalue weighted by Crippen LogP contribution is 2.31. The van der Waals surface area contributed by atoms with Crippen LogP contribution in [0.1, 0.15) is 17.7 Å². The lowest BCUT2D eigenvalue weighted by atomic mass is 10.2. The minimum absolute atomic E-state index is 0.188. The molecule has 4 nitrogen and oxygen atoms in total. The number of ether oxygens (including phenoxy) is 1. The second-order valence-corrected chi connectivity index (χ2v) is 4.06. The van der Waals surface area contributed by atoms with Gasteiger partial charge in [-0.25, -0.2) is 9.97 Å². The number of fused-ring (bicyclic) bond motifs is 1. The van der Waals surface area contributed by atoms with Crippen LogP contribution in [0, 0.1) is 0 Å². The SMILES string of the molecule is Oc1cccc(Oc2ncnc3c2CCC3)c1. The van der Waals surface area contributed by atoms with Gasteiger partial charge in [0.05, 0.1) is 5.69 Å². The summed E-state index contributed by atoms with van der Waals surface area (Å²) in [6.45, 7) is 0. The van der Waals surface area contributed by atoms with Gasteiger partial charge in [-0.1, -0.05) is 6.07 Å². The van der Waals surface area contributed by atoms with Crippen molar-refractivity contribution >= 4 is 0 Å². The molecule has 0 saturated heterocycles. The predicted octanol–water partition coefficient (Wildman–Crippen LogP) is 2.46. The molecule has 0 unspecified atom stereocenters. The maximum absolute atomic E-state index is 9.37. The lowest BCUT2D eigenvalue weighted by molar-refractivity contribution is 0.441. The fourth-order valence-electron chi connectivity index (χ4n) is 2.08. The van der Waals surface area contributed by atoms with E-state index in [1.54, 1.807) is 24.3 Å². The Morgan fingerprint density at radius 2 is 2.12 bits per heavy atom. The fourth-order valence-corrected chi connectivity index (χ4v) is 2.08. The van der Waals surface area contributed by atoms with Crippen molar-refractivity contribution in [2.75, 3.05) is 0 Å². The first-order valence-electron chi connectivity index (χ1n) is 5.62. The Labute approximate surface area is 98.9 Å². The van der Waals surface area contributed by atoms with E-state index in [0.29, 0.717) is 11.6 Å². The number of hydrogen-bond acceptors (Lipinski definition) is 4. The number of aromatic nitrogens is 2. The molecule has 0 saturated carbocycles. The third-order valence-corrected chi connectivity index (χ3v) is 2.87. The van der Waals surface area contributed by atoms with Crippen LogP contribution in [0.5, 0.6) is 17.4 Å². The quantitative estimate of drug-likeness (QED) is 0.857. The Bertz CT molecular complexity index is 555. The zero-order chi connectivity index (χ0) is 11.7. The average molecular weight is 228 g/mol. The average Bonchev–Trinajstić information content (AvgIpc) is 2.78. The number of aryl methyl sites for hydroxylation is 1. The zero-order valence-electron chi connectivity index (χ0n) is 9.26. The second kappa shape index (κ2) is 4.05. The van der Waals surface area contributed by atoms with Crippen LogP contribution < -0.4 is 4.74 Å². The maximum atomic E-state index is 9.37. The predicted molar refractivity (Wildman–Crippen MR) is 62.2 cm³/mol. The third kappa shape index (κ3) is 1.93. The van der Waals surface area contributed by atoms with Crippen molar-refractivity contribution in [3.05, 3.63) is 41.9 Å². The Balaban J connectivity index is 1.93. The van der Waals surface area contributed by atoms with E-state index in [0.717, 1.165) is 30.5 Å². The van der Waals surface area contributed by atoms with Gasteiger partial charge in [-0.05, 0) is 31.4 Å². The molecule has 1 aliphatic carbocycles. The monoisotopic (exact) mass is 228 g/mol. The van der Waals surface area contributed by atoms with Gasteiger partial charge in [0.15, 0.2) is 0 Å². The zero-order valence-corrected chi connectivity index (χ0v) is 9.26. The molecule has 0 atom stereocenters. The molecule has 17 heavy (non-hydrogen) atoms. The lowest BCUT2D eigenvalue weighted by Gasteiger charge is -2.08. The summed E-state index contributed by atoms with van der Waals surface area (Å²) in [7, 11) is 0. The van der Waals surface area contributed by atoms with E-state index in [2.05, 4.69) is 9.97 Å². The first kappa shape index (κ1) is 10.1. The molecular weight excluding hydrogens is 216 g/mol. The topological polar surface area (TPSA) is 55.2 Å². The van der Waals surface area contributed by atoms with Gasteiger partial charge in [0.2, 0.25) is 5.88 Å². The van der Waals surface area contributed by atoms with Crippen LogP contribution in [-0.2, 0) is 12.8 Å². The van der Waals surface area contributed by atoms with Gasteiger partial charge >= 0.3 is 0 Å². The van der Waals surface area contributed by atoms with Gasteiger partial charge in [0, 0.05) is 11.6 Å². The maximum Gasteiger partial charge on any atom is 0.225 e. The van der Waals surface area contributed by atoms with Gasteiger partial charge < -0.3 is 9.84 Å². The molecule has 0 spiro atoms. The van der Waals surface area contributed by atoms with Gasteiger partial charge in [-0.3, -0.25) is 0 Å². The molecule has 0 amide bonds. The van der Waals surface area contributed by atoms with Crippen molar-refractivity contribution in [1.82, 2.24) is 9.97 Å². The van der Waals surface area contributed by atoms with Crippen molar-refractivity contribution in [3.8, 4) is 17.4 Å². The molecule has 0 fully saturated rings. The van der Waals surface area contributed by atoms with Crippen molar-refractivity contribution in [1.29, 1.82) is 0 Å². The Morgan fingerprint density at radius 3 is 3.00 bits per heavy atom. The number of rotatable bonds is 2. The summed E-state index contributed by atoms with van der Waals surface area (Å²) >= 11 is 0. The standard InChI is InChI=1S/C13H12N2O2/c16-9-3-1-4-10(7-9)17-13-11-5-2-6-12(11)14-8-15-13/h1,3-4,7-8,16H,2,5-6H2. The highest BCUT2D eigenvalue weighted by atomic mass is 16.5. The van der Waals surface area contributed by atoms with Crippen LogP contribution >= 0.6 is 0 Å². The second-order valence-electron chi connectivity index (χ2n) is 4.06. The number of phenolic OH excluding ortho intramolecular Hbond substituents is 1. The summed E-state index contributed by atoms with van der Waals surface area (Å²) < 4.78 is 5.69. The van der Waals surface area contributed by atoms with Crippen molar-refractivity contribution in [3.63, 3.8) is 0 Å². The number of phenols is 1. The van der Waals surface area contributed by atoms with Gasteiger partial charge in [0.1, 0.15) is 17.8 Å². The molecule has 1 aromatic carbocycles. The van der Waals surface area contributed by atoms with E-state index in [1.165, 1.54) is 6.33 Å². The van der Waals surface area contributed by atoms with Gasteiger partial charge in [0.25, 0.3) is 0 Å². The van der Waals surface area contributed by atoms with Gasteiger partial charge in [-0.2, -0.15) is 0 Å². The minimum atomic E-state index is 0.188. The molecule has 86 valence electrons. The molecule has 3 rings (SSSR count). The van der Waals surface area contributed by atoms with Crippen molar-refractivity contribution in [2.45, 2.75) is 19.3 Å². The molecule has 0 bridgehead atoms. The Hall–Kier alpha value is -2.10. The highest BCUT2D eigenvalue weighted by Gasteiger charge is 2.18. The fraction of sp³-hybridized carbons (Fsp3) is 0.231. The molecule has 1 N–H and O–H groups in total. The first-order chi connectivity index (χ1) is 8.33. The molecule has 0 aliphatic heterocycles. The summed E-state index contributed by atoms with van der Waals surface area (Å²) in [4.78, 5) is 8.40. The van der Waals surface area contributed by atoms with Crippen LogP contribution in [-0.4, -0.2) is 15.1 Å². The van der Waals surface area contributed by atoms with Crippen LogP contribution in [0.3, 0.4) is 0 Å². The van der Waals surface area contributed by atoms with Crippen molar-refractivity contribution < 1.29 is 9.84 Å². The number of aromatic hydroxyl groups is 1. The summed E-state index contributed by atoms with van der Waals surface area (Å²) in [5, 5.41) is 9.37. The first-order valence-corrected chi connectivity index (χ1v) is 5.62. The molecule has 4 heteroatoms. The largest absolute Gasteiger partial charge is 0.508 e. The van der Waals surface area contributed by atoms with Crippen LogP contribution in [0.4, 0.5) is 0 Å². The van der Waals surface area contributed by atoms with Crippen LogP contribution in [0.25, 0.3) is 0 Å². The number of benzene rings is 1. The molecular formula is C13H12N2O2. The molecule has 1 aromatic heterocycles. The Kier molecular flexibility index (Phi) is 2.40. The van der Waals surface area contributed by atoms with Gasteiger partial charge in [-0.15, -0.1) is 0 Å². The summed E-state index contributed by atoms with van der Waals surface area (Å²) in [6, 6.07) is 6.72. The molecule has 1 aliphatic rings. The Morgan fingerprint density at radius 1 is 1.18 bits per heavy atom.